The summed E-state index contributed by atoms with van der Waals surface area (Å²) in [7, 11) is 0. The minimum atomic E-state index is -0.792. The number of fused-ring (bicyclic) bond motifs is 1. The van der Waals surface area contributed by atoms with Gasteiger partial charge in [-0.15, -0.1) is 0 Å². The number of rotatable bonds is 2. The number of piperidine rings is 1. The van der Waals surface area contributed by atoms with Gasteiger partial charge in [0.1, 0.15) is 6.07 Å². The molecule has 3 rings (SSSR count). The first kappa shape index (κ1) is 14.6. The zero-order valence-corrected chi connectivity index (χ0v) is 12.5. The van der Waals surface area contributed by atoms with Gasteiger partial charge in [0.2, 0.25) is 0 Å². The Labute approximate surface area is 132 Å². The lowest BCUT2D eigenvalue weighted by molar-refractivity contribution is -0.141. The van der Waals surface area contributed by atoms with Gasteiger partial charge in [-0.1, -0.05) is 11.6 Å². The van der Waals surface area contributed by atoms with Crippen molar-refractivity contribution in [1.82, 2.24) is 4.98 Å². The molecule has 1 atom stereocenters. The third-order valence-corrected chi connectivity index (χ3v) is 4.24. The number of anilines is 1. The van der Waals surface area contributed by atoms with Gasteiger partial charge in [-0.05, 0) is 31.0 Å². The lowest BCUT2D eigenvalue weighted by Gasteiger charge is -2.33. The Kier molecular flexibility index (Phi) is 3.86. The molecule has 2 heterocycles. The van der Waals surface area contributed by atoms with E-state index in [1.165, 1.54) is 6.20 Å². The van der Waals surface area contributed by atoms with Crippen LogP contribution in [0.2, 0.25) is 5.02 Å². The Morgan fingerprint density at radius 3 is 3.05 bits per heavy atom. The summed E-state index contributed by atoms with van der Waals surface area (Å²) < 4.78 is 0. The molecule has 0 bridgehead atoms. The molecule has 112 valence electrons. The number of halogens is 1. The molecule has 1 aromatic carbocycles. The van der Waals surface area contributed by atoms with Crippen molar-refractivity contribution in [2.45, 2.75) is 12.8 Å². The molecule has 6 heteroatoms. The van der Waals surface area contributed by atoms with E-state index in [9.17, 15) is 15.2 Å². The van der Waals surface area contributed by atoms with E-state index in [1.54, 1.807) is 18.2 Å². The monoisotopic (exact) mass is 315 g/mol. The number of aliphatic carboxylic acids is 1. The third-order valence-electron chi connectivity index (χ3n) is 4.01. The molecule has 0 aliphatic carbocycles. The van der Waals surface area contributed by atoms with Gasteiger partial charge in [0, 0.05) is 29.7 Å². The van der Waals surface area contributed by atoms with E-state index >= 15 is 0 Å². The quantitative estimate of drug-likeness (QED) is 0.921. The number of aromatic nitrogens is 1. The molecular weight excluding hydrogens is 302 g/mol. The maximum Gasteiger partial charge on any atom is 0.308 e. The smallest absolute Gasteiger partial charge is 0.308 e. The molecule has 1 fully saturated rings. The minimum Gasteiger partial charge on any atom is -0.481 e. The van der Waals surface area contributed by atoms with Gasteiger partial charge in [0.05, 0.1) is 22.7 Å². The Hall–Kier alpha value is -2.32. The molecule has 0 saturated carbocycles. The van der Waals surface area contributed by atoms with Crippen LogP contribution in [0.5, 0.6) is 0 Å². The van der Waals surface area contributed by atoms with Gasteiger partial charge < -0.3 is 10.0 Å². The van der Waals surface area contributed by atoms with Gasteiger partial charge in [0.25, 0.3) is 0 Å². The minimum absolute atomic E-state index is 0.398. The van der Waals surface area contributed by atoms with Crippen LogP contribution in [-0.2, 0) is 4.79 Å². The normalized spacial score (nSPS) is 18.2. The maximum absolute atomic E-state index is 11.3. The van der Waals surface area contributed by atoms with Crippen molar-refractivity contribution < 1.29 is 9.90 Å². The zero-order chi connectivity index (χ0) is 15.7. The van der Waals surface area contributed by atoms with E-state index in [1.807, 2.05) is 4.90 Å². The van der Waals surface area contributed by atoms with E-state index in [4.69, 9.17) is 11.6 Å². The lowest BCUT2D eigenvalue weighted by Crippen LogP contribution is -2.39. The van der Waals surface area contributed by atoms with Gasteiger partial charge >= 0.3 is 5.97 Å². The summed E-state index contributed by atoms with van der Waals surface area (Å²) in [5, 5.41) is 20.0. The lowest BCUT2D eigenvalue weighted by atomic mass is 9.96. The van der Waals surface area contributed by atoms with Gasteiger partial charge in [-0.25, -0.2) is 0 Å². The summed E-state index contributed by atoms with van der Waals surface area (Å²) >= 11 is 6.08. The van der Waals surface area contributed by atoms with Crippen LogP contribution in [0.25, 0.3) is 10.9 Å². The Bertz CT molecular complexity index is 785. The fourth-order valence-electron chi connectivity index (χ4n) is 2.96. The maximum atomic E-state index is 11.3. The Balaban J connectivity index is 2.14. The largest absolute Gasteiger partial charge is 0.481 e. The van der Waals surface area contributed by atoms with Crippen LogP contribution in [0, 0.1) is 17.2 Å². The highest BCUT2D eigenvalue weighted by Crippen LogP contribution is 2.33. The van der Waals surface area contributed by atoms with Crippen LogP contribution in [0.4, 0.5) is 5.69 Å². The number of carboxylic acids is 1. The molecule has 1 saturated heterocycles. The predicted octanol–water partition coefficient (Wildman–Crippen LogP) is 3.06. The Morgan fingerprint density at radius 2 is 2.32 bits per heavy atom. The van der Waals surface area contributed by atoms with E-state index in [0.29, 0.717) is 23.6 Å². The van der Waals surface area contributed by atoms with Crippen LogP contribution in [-0.4, -0.2) is 29.1 Å². The second-order valence-corrected chi connectivity index (χ2v) is 5.85. The van der Waals surface area contributed by atoms with Crippen LogP contribution >= 0.6 is 11.6 Å². The van der Waals surface area contributed by atoms with Crippen molar-refractivity contribution >= 4 is 34.2 Å². The number of benzene rings is 1. The zero-order valence-electron chi connectivity index (χ0n) is 11.8. The summed E-state index contributed by atoms with van der Waals surface area (Å²) in [5.74, 6) is -1.21. The van der Waals surface area contributed by atoms with Crippen LogP contribution in [0.3, 0.4) is 0 Å². The second-order valence-electron chi connectivity index (χ2n) is 5.42. The van der Waals surface area contributed by atoms with Crippen LogP contribution < -0.4 is 4.90 Å². The molecule has 0 radical (unpaired) electrons. The van der Waals surface area contributed by atoms with Crippen molar-refractivity contribution in [2.24, 2.45) is 5.92 Å². The summed E-state index contributed by atoms with van der Waals surface area (Å²) in [6, 6.07) is 7.50. The van der Waals surface area contributed by atoms with E-state index in [2.05, 4.69) is 11.1 Å². The van der Waals surface area contributed by atoms with Gasteiger partial charge in [-0.2, -0.15) is 5.26 Å². The van der Waals surface area contributed by atoms with Crippen molar-refractivity contribution in [3.63, 3.8) is 0 Å². The average Bonchev–Trinajstić information content (AvgIpc) is 2.53. The summed E-state index contributed by atoms with van der Waals surface area (Å²) in [5.41, 5.74) is 1.93. The molecule has 2 aromatic rings. The average molecular weight is 316 g/mol. The number of pyridine rings is 1. The Morgan fingerprint density at radius 1 is 1.50 bits per heavy atom. The number of carboxylic acid groups (broad SMARTS) is 1. The van der Waals surface area contributed by atoms with Gasteiger partial charge in [-0.3, -0.25) is 9.78 Å². The van der Waals surface area contributed by atoms with Crippen molar-refractivity contribution in [1.29, 1.82) is 5.26 Å². The summed E-state index contributed by atoms with van der Waals surface area (Å²) in [6.07, 6.45) is 2.99. The fraction of sp³-hybridized carbons (Fsp3) is 0.312. The number of nitriles is 1. The summed E-state index contributed by atoms with van der Waals surface area (Å²) in [4.78, 5) is 17.5. The molecule has 1 aliphatic heterocycles. The van der Waals surface area contributed by atoms with Crippen LogP contribution in [0.1, 0.15) is 18.4 Å². The number of hydrogen-bond donors (Lipinski definition) is 1. The topological polar surface area (TPSA) is 77.2 Å². The third kappa shape index (κ3) is 2.58. The van der Waals surface area contributed by atoms with Crippen LogP contribution in [0.15, 0.2) is 24.4 Å². The number of hydrogen-bond acceptors (Lipinski definition) is 4. The molecule has 1 N–H and O–H groups in total. The fourth-order valence-corrected chi connectivity index (χ4v) is 3.13. The highest BCUT2D eigenvalue weighted by atomic mass is 35.5. The molecule has 0 spiro atoms. The summed E-state index contributed by atoms with van der Waals surface area (Å²) in [6.45, 7) is 1.12. The molecule has 22 heavy (non-hydrogen) atoms. The highest BCUT2D eigenvalue weighted by Gasteiger charge is 2.27. The first-order valence-corrected chi connectivity index (χ1v) is 7.44. The first-order valence-electron chi connectivity index (χ1n) is 7.06. The highest BCUT2D eigenvalue weighted by molar-refractivity contribution is 6.31. The number of carbonyl (C=O) groups is 1. The van der Waals surface area contributed by atoms with E-state index < -0.39 is 11.9 Å². The standard InChI is InChI=1S/C16H14ClN3O2/c17-12-3-4-14-13(6-12)15(11(7-18)8-19-14)20-5-1-2-10(9-20)16(21)22/h3-4,6,8,10H,1-2,5,9H2,(H,21,22). The first-order chi connectivity index (χ1) is 10.6. The number of nitrogens with zero attached hydrogens (tertiary/aromatic N) is 3. The molecule has 1 unspecified atom stereocenters. The second kappa shape index (κ2) is 5.82. The van der Waals surface area contributed by atoms with E-state index in [-0.39, 0.29) is 0 Å². The van der Waals surface area contributed by atoms with Crippen molar-refractivity contribution in [3.8, 4) is 6.07 Å². The molecule has 1 aliphatic rings. The van der Waals surface area contributed by atoms with E-state index in [0.717, 1.165) is 29.6 Å². The predicted molar refractivity (Wildman–Crippen MR) is 84.0 cm³/mol. The van der Waals surface area contributed by atoms with Crippen molar-refractivity contribution in [2.75, 3.05) is 18.0 Å². The van der Waals surface area contributed by atoms with Crippen molar-refractivity contribution in [3.05, 3.63) is 35.0 Å². The van der Waals surface area contributed by atoms with Gasteiger partial charge in [0.15, 0.2) is 0 Å². The molecule has 1 aromatic heterocycles. The molecule has 0 amide bonds. The molecule has 5 nitrogen and oxygen atoms in total. The SMILES string of the molecule is N#Cc1cnc2ccc(Cl)cc2c1N1CCCC(C(=O)O)C1. The molecular formula is C16H14ClN3O2.